The van der Waals surface area contributed by atoms with Crippen LogP contribution in [0.1, 0.15) is 26.9 Å². The summed E-state index contributed by atoms with van der Waals surface area (Å²) >= 11 is 8.06. The molecule has 1 unspecified atom stereocenters. The van der Waals surface area contributed by atoms with Crippen LogP contribution in [0.2, 0.25) is 0 Å². The minimum atomic E-state index is -0.907. The van der Waals surface area contributed by atoms with E-state index in [2.05, 4.69) is 0 Å². The third-order valence-corrected chi connectivity index (χ3v) is 6.90. The molecule has 1 atom stereocenters. The number of hydrogen-bond acceptors (Lipinski definition) is 4. The molecule has 0 saturated heterocycles. The first kappa shape index (κ1) is 25.9. The number of methoxy groups -OCH3 is 1. The molecule has 1 aromatic heterocycles. The van der Waals surface area contributed by atoms with Crippen LogP contribution in [-0.4, -0.2) is 48.4 Å². The van der Waals surface area contributed by atoms with Crippen molar-refractivity contribution in [2.45, 2.75) is 25.4 Å². The van der Waals surface area contributed by atoms with E-state index in [4.69, 9.17) is 16.3 Å². The SMILES string of the molecule is COCCN(CC(=O)N(Cc1ccc(F)cc1)Cc1sccc1C)C(=O)C(Cl)c1ccccc1. The largest absolute Gasteiger partial charge is 0.383 e. The fraction of sp³-hybridized carbons (Fsp3) is 0.308. The standard InChI is InChI=1S/C26H28ClFN2O3S/c1-19-12-15-34-23(19)17-30(16-20-8-10-22(28)11-9-20)24(31)18-29(13-14-33-2)26(32)25(27)21-6-4-3-5-7-21/h3-12,15,25H,13-14,16-18H2,1-2H3. The number of hydrogen-bond donors (Lipinski definition) is 0. The number of aryl methyl sites for hydroxylation is 1. The highest BCUT2D eigenvalue weighted by Crippen LogP contribution is 2.24. The van der Waals surface area contributed by atoms with Gasteiger partial charge >= 0.3 is 0 Å². The quantitative estimate of drug-likeness (QED) is 0.339. The monoisotopic (exact) mass is 502 g/mol. The number of nitrogens with zero attached hydrogens (tertiary/aromatic N) is 2. The highest BCUT2D eigenvalue weighted by atomic mass is 35.5. The molecule has 34 heavy (non-hydrogen) atoms. The molecule has 0 N–H and O–H groups in total. The summed E-state index contributed by atoms with van der Waals surface area (Å²) in [6.45, 7) is 3.07. The molecule has 2 amide bonds. The zero-order chi connectivity index (χ0) is 24.5. The normalized spacial score (nSPS) is 11.8. The zero-order valence-corrected chi connectivity index (χ0v) is 20.8. The lowest BCUT2D eigenvalue weighted by molar-refractivity contribution is -0.141. The van der Waals surface area contributed by atoms with Gasteiger partial charge < -0.3 is 14.5 Å². The predicted molar refractivity (Wildman–Crippen MR) is 133 cm³/mol. The van der Waals surface area contributed by atoms with Gasteiger partial charge in [0.15, 0.2) is 0 Å². The van der Waals surface area contributed by atoms with Crippen molar-refractivity contribution >= 4 is 34.8 Å². The van der Waals surface area contributed by atoms with Gasteiger partial charge in [-0.3, -0.25) is 9.59 Å². The highest BCUT2D eigenvalue weighted by molar-refractivity contribution is 7.10. The van der Waals surface area contributed by atoms with Crippen LogP contribution in [0.15, 0.2) is 66.0 Å². The van der Waals surface area contributed by atoms with E-state index in [9.17, 15) is 14.0 Å². The van der Waals surface area contributed by atoms with E-state index < -0.39 is 5.38 Å². The maximum absolute atomic E-state index is 13.5. The van der Waals surface area contributed by atoms with Gasteiger partial charge in [-0.2, -0.15) is 0 Å². The van der Waals surface area contributed by atoms with Crippen LogP contribution < -0.4 is 0 Å². The summed E-state index contributed by atoms with van der Waals surface area (Å²) < 4.78 is 18.6. The molecule has 8 heteroatoms. The maximum atomic E-state index is 13.5. The Labute approximate surface area is 208 Å². The summed E-state index contributed by atoms with van der Waals surface area (Å²) in [6, 6.07) is 17.1. The first-order chi connectivity index (χ1) is 16.4. The molecule has 0 spiro atoms. The number of alkyl halides is 1. The van der Waals surface area contributed by atoms with Gasteiger partial charge in [0.25, 0.3) is 0 Å². The summed E-state index contributed by atoms with van der Waals surface area (Å²) in [5.41, 5.74) is 2.57. The van der Waals surface area contributed by atoms with Gasteiger partial charge in [0.2, 0.25) is 11.8 Å². The van der Waals surface area contributed by atoms with Crippen molar-refractivity contribution in [1.82, 2.24) is 9.80 Å². The van der Waals surface area contributed by atoms with Gasteiger partial charge in [-0.15, -0.1) is 22.9 Å². The third kappa shape index (κ3) is 7.13. The molecule has 0 fully saturated rings. The van der Waals surface area contributed by atoms with Crippen LogP contribution in [-0.2, 0) is 27.4 Å². The van der Waals surface area contributed by atoms with Crippen molar-refractivity contribution in [3.05, 3.63) is 93.4 Å². The minimum absolute atomic E-state index is 0.135. The number of carbonyl (C=O) groups excluding carboxylic acids is 2. The summed E-state index contributed by atoms with van der Waals surface area (Å²) in [5.74, 6) is -0.910. The summed E-state index contributed by atoms with van der Waals surface area (Å²) in [4.78, 5) is 30.9. The number of halogens is 2. The molecule has 3 rings (SSSR count). The smallest absolute Gasteiger partial charge is 0.245 e. The molecule has 5 nitrogen and oxygen atoms in total. The minimum Gasteiger partial charge on any atom is -0.383 e. The van der Waals surface area contributed by atoms with Gasteiger partial charge in [0.05, 0.1) is 19.7 Å². The van der Waals surface area contributed by atoms with Gasteiger partial charge in [-0.1, -0.05) is 42.5 Å². The van der Waals surface area contributed by atoms with Gasteiger partial charge in [0.1, 0.15) is 11.2 Å². The average molecular weight is 503 g/mol. The Morgan fingerprint density at radius 2 is 1.74 bits per heavy atom. The van der Waals surface area contributed by atoms with E-state index in [1.807, 2.05) is 36.6 Å². The second-order valence-corrected chi connectivity index (χ2v) is 9.37. The average Bonchev–Trinajstić information content (AvgIpc) is 3.26. The van der Waals surface area contributed by atoms with Crippen LogP contribution in [0.3, 0.4) is 0 Å². The van der Waals surface area contributed by atoms with Crippen molar-refractivity contribution in [2.24, 2.45) is 0 Å². The molecular weight excluding hydrogens is 475 g/mol. The van der Waals surface area contributed by atoms with Gasteiger partial charge in [-0.25, -0.2) is 4.39 Å². The Bertz CT molecular complexity index is 1080. The van der Waals surface area contributed by atoms with Crippen molar-refractivity contribution in [1.29, 1.82) is 0 Å². The molecule has 3 aromatic rings. The number of carbonyl (C=O) groups is 2. The lowest BCUT2D eigenvalue weighted by Crippen LogP contribution is -2.44. The first-order valence-electron chi connectivity index (χ1n) is 10.9. The topological polar surface area (TPSA) is 49.9 Å². The maximum Gasteiger partial charge on any atom is 0.245 e. The molecule has 0 aliphatic heterocycles. The van der Waals surface area contributed by atoms with Crippen LogP contribution >= 0.6 is 22.9 Å². The third-order valence-electron chi connectivity index (χ3n) is 5.45. The van der Waals surface area contributed by atoms with E-state index in [-0.39, 0.29) is 37.3 Å². The van der Waals surface area contributed by atoms with Crippen molar-refractivity contribution < 1.29 is 18.7 Å². The van der Waals surface area contributed by atoms with Crippen LogP contribution in [0, 0.1) is 12.7 Å². The van der Waals surface area contributed by atoms with Crippen molar-refractivity contribution in [2.75, 3.05) is 26.8 Å². The fourth-order valence-corrected chi connectivity index (χ4v) is 4.64. The Morgan fingerprint density at radius 3 is 2.35 bits per heavy atom. The Kier molecular flexibility index (Phi) is 9.62. The molecule has 0 aliphatic rings. The number of thiophene rings is 1. The van der Waals surface area contributed by atoms with Crippen LogP contribution in [0.25, 0.3) is 0 Å². The summed E-state index contributed by atoms with van der Waals surface area (Å²) in [5, 5.41) is 1.08. The lowest BCUT2D eigenvalue weighted by Gasteiger charge is -2.29. The van der Waals surface area contributed by atoms with Crippen LogP contribution in [0.5, 0.6) is 0 Å². The number of rotatable bonds is 11. The summed E-state index contributed by atoms with van der Waals surface area (Å²) in [6.07, 6.45) is 0. The molecule has 180 valence electrons. The Hall–Kier alpha value is -2.74. The molecular formula is C26H28ClFN2O3S. The predicted octanol–water partition coefficient (Wildman–Crippen LogP) is 5.18. The van der Waals surface area contributed by atoms with Crippen molar-refractivity contribution in [3.8, 4) is 0 Å². The molecule has 0 aliphatic carbocycles. The van der Waals surface area contributed by atoms with E-state index in [1.54, 1.807) is 47.6 Å². The molecule has 0 radical (unpaired) electrons. The molecule has 0 bridgehead atoms. The summed E-state index contributed by atoms with van der Waals surface area (Å²) in [7, 11) is 1.54. The van der Waals surface area contributed by atoms with Gasteiger partial charge in [-0.05, 0) is 47.2 Å². The lowest BCUT2D eigenvalue weighted by atomic mass is 10.1. The highest BCUT2D eigenvalue weighted by Gasteiger charge is 2.27. The zero-order valence-electron chi connectivity index (χ0n) is 19.2. The fourth-order valence-electron chi connectivity index (χ4n) is 3.44. The second kappa shape index (κ2) is 12.6. The van der Waals surface area contributed by atoms with Gasteiger partial charge in [0, 0.05) is 25.1 Å². The molecule has 1 heterocycles. The Morgan fingerprint density at radius 1 is 1.03 bits per heavy atom. The van der Waals surface area contributed by atoms with E-state index in [0.717, 1.165) is 16.0 Å². The number of benzene rings is 2. The number of ether oxygens (including phenoxy) is 1. The Balaban J connectivity index is 1.80. The first-order valence-corrected chi connectivity index (χ1v) is 12.2. The number of amides is 2. The van der Waals surface area contributed by atoms with E-state index in [0.29, 0.717) is 18.7 Å². The van der Waals surface area contributed by atoms with E-state index >= 15 is 0 Å². The van der Waals surface area contributed by atoms with E-state index in [1.165, 1.54) is 17.0 Å². The van der Waals surface area contributed by atoms with Crippen LogP contribution in [0.4, 0.5) is 4.39 Å². The molecule has 0 saturated carbocycles. The van der Waals surface area contributed by atoms with Crippen molar-refractivity contribution in [3.63, 3.8) is 0 Å². The molecule has 2 aromatic carbocycles. The second-order valence-electron chi connectivity index (χ2n) is 7.93.